The third kappa shape index (κ3) is 4.04. The Bertz CT molecular complexity index is 888. The van der Waals surface area contributed by atoms with Gasteiger partial charge in [-0.2, -0.15) is 0 Å². The van der Waals surface area contributed by atoms with Crippen molar-refractivity contribution in [3.05, 3.63) is 53.5 Å². The van der Waals surface area contributed by atoms with Crippen molar-refractivity contribution in [1.29, 1.82) is 0 Å². The third-order valence-electron chi connectivity index (χ3n) is 3.20. The Labute approximate surface area is 141 Å². The van der Waals surface area contributed by atoms with Crippen molar-refractivity contribution in [3.63, 3.8) is 0 Å². The van der Waals surface area contributed by atoms with Crippen molar-refractivity contribution in [3.8, 4) is 11.8 Å². The van der Waals surface area contributed by atoms with Crippen molar-refractivity contribution in [2.45, 2.75) is 11.8 Å². The molecule has 0 aliphatic rings. The quantitative estimate of drug-likeness (QED) is 0.853. The van der Waals surface area contributed by atoms with E-state index in [0.29, 0.717) is 0 Å². The van der Waals surface area contributed by atoms with Crippen molar-refractivity contribution < 1.29 is 17.6 Å². The summed E-state index contributed by atoms with van der Waals surface area (Å²) in [5, 5.41) is 2.58. The van der Waals surface area contributed by atoms with Crippen LogP contribution in [0.2, 0.25) is 0 Å². The Balaban J connectivity index is 2.05. The summed E-state index contributed by atoms with van der Waals surface area (Å²) in [7, 11) is -0.815. The van der Waals surface area contributed by atoms with E-state index in [9.17, 15) is 13.2 Å². The van der Waals surface area contributed by atoms with E-state index < -0.39 is 15.9 Å². The molecule has 2 rings (SSSR count). The molecule has 0 saturated heterocycles. The molecule has 7 heteroatoms. The maximum atomic E-state index is 12.1. The molecule has 0 unspecified atom stereocenters. The van der Waals surface area contributed by atoms with E-state index in [0.717, 1.165) is 9.87 Å². The first kappa shape index (κ1) is 17.8. The number of carbonyl (C=O) groups excluding carboxylic acids is 1. The monoisotopic (exact) mass is 346 g/mol. The minimum atomic E-state index is -3.65. The first-order valence-corrected chi connectivity index (χ1v) is 8.61. The average molecular weight is 346 g/mol. The second kappa shape index (κ2) is 7.34. The van der Waals surface area contributed by atoms with Gasteiger partial charge >= 0.3 is 0 Å². The summed E-state index contributed by atoms with van der Waals surface area (Å²) in [6.07, 6.45) is 0. The summed E-state index contributed by atoms with van der Waals surface area (Å²) in [5.74, 6) is 5.33. The van der Waals surface area contributed by atoms with Gasteiger partial charge in [-0.15, -0.1) is 0 Å². The SMILES string of the molecule is Cc1oc(C(=O)NCC#Cc2ccccc2)cc1S(=O)(=O)N(C)C. The number of furan rings is 1. The van der Waals surface area contributed by atoms with Crippen LogP contribution in [-0.2, 0) is 10.0 Å². The minimum Gasteiger partial charge on any atom is -0.455 e. The molecule has 0 aliphatic carbocycles. The summed E-state index contributed by atoms with van der Waals surface area (Å²) in [4.78, 5) is 12.0. The Kier molecular flexibility index (Phi) is 5.44. The maximum absolute atomic E-state index is 12.1. The largest absolute Gasteiger partial charge is 0.455 e. The van der Waals surface area contributed by atoms with Crippen LogP contribution >= 0.6 is 0 Å². The fourth-order valence-corrected chi connectivity index (χ4v) is 2.96. The molecule has 126 valence electrons. The normalized spacial score (nSPS) is 11.0. The van der Waals surface area contributed by atoms with Gasteiger partial charge in [-0.05, 0) is 19.1 Å². The van der Waals surface area contributed by atoms with Gasteiger partial charge in [-0.3, -0.25) is 4.79 Å². The Hall–Kier alpha value is -2.56. The fraction of sp³-hybridized carbons (Fsp3) is 0.235. The number of hydrogen-bond acceptors (Lipinski definition) is 4. The summed E-state index contributed by atoms with van der Waals surface area (Å²) < 4.78 is 30.6. The minimum absolute atomic E-state index is 0.0204. The molecule has 0 atom stereocenters. The Morgan fingerprint density at radius 3 is 2.54 bits per heavy atom. The van der Waals surface area contributed by atoms with Gasteiger partial charge in [0.1, 0.15) is 10.7 Å². The number of nitrogens with one attached hydrogen (secondary N) is 1. The highest BCUT2D eigenvalue weighted by Crippen LogP contribution is 2.22. The molecule has 1 aromatic heterocycles. The smallest absolute Gasteiger partial charge is 0.287 e. The van der Waals surface area contributed by atoms with E-state index in [1.54, 1.807) is 0 Å². The lowest BCUT2D eigenvalue weighted by atomic mass is 10.2. The zero-order valence-electron chi connectivity index (χ0n) is 13.7. The Morgan fingerprint density at radius 1 is 1.25 bits per heavy atom. The number of carbonyl (C=O) groups is 1. The summed E-state index contributed by atoms with van der Waals surface area (Å²) in [5.41, 5.74) is 0.847. The van der Waals surface area contributed by atoms with Crippen LogP contribution in [0.25, 0.3) is 0 Å². The fourth-order valence-electron chi connectivity index (χ4n) is 1.91. The van der Waals surface area contributed by atoms with Gasteiger partial charge in [0.05, 0.1) is 6.54 Å². The summed E-state index contributed by atoms with van der Waals surface area (Å²) >= 11 is 0. The highest BCUT2D eigenvalue weighted by molar-refractivity contribution is 7.89. The van der Waals surface area contributed by atoms with E-state index >= 15 is 0 Å². The maximum Gasteiger partial charge on any atom is 0.287 e. The molecule has 24 heavy (non-hydrogen) atoms. The lowest BCUT2D eigenvalue weighted by molar-refractivity contribution is 0.0930. The van der Waals surface area contributed by atoms with Crippen LogP contribution in [0.1, 0.15) is 21.9 Å². The molecule has 0 saturated carbocycles. The molecular weight excluding hydrogens is 328 g/mol. The van der Waals surface area contributed by atoms with Crippen molar-refractivity contribution >= 4 is 15.9 Å². The van der Waals surface area contributed by atoms with Crippen LogP contribution in [0.4, 0.5) is 0 Å². The van der Waals surface area contributed by atoms with Crippen LogP contribution in [0.5, 0.6) is 0 Å². The number of aryl methyl sites for hydroxylation is 1. The molecule has 1 N–H and O–H groups in total. The third-order valence-corrected chi connectivity index (χ3v) is 5.12. The molecule has 0 aliphatic heterocycles. The summed E-state index contributed by atoms with van der Waals surface area (Å²) in [6.45, 7) is 1.63. The van der Waals surface area contributed by atoms with Crippen LogP contribution in [0, 0.1) is 18.8 Å². The predicted octanol–water partition coefficient (Wildman–Crippen LogP) is 1.62. The number of hydrogen-bond donors (Lipinski definition) is 1. The van der Waals surface area contributed by atoms with Gasteiger partial charge in [0, 0.05) is 25.7 Å². The first-order valence-electron chi connectivity index (χ1n) is 7.17. The number of sulfonamides is 1. The zero-order chi connectivity index (χ0) is 17.7. The van der Waals surface area contributed by atoms with Gasteiger partial charge in [0.15, 0.2) is 5.76 Å². The number of amides is 1. The van der Waals surface area contributed by atoms with Gasteiger partial charge < -0.3 is 9.73 Å². The second-order valence-electron chi connectivity index (χ2n) is 5.17. The molecule has 2 aromatic rings. The van der Waals surface area contributed by atoms with Crippen LogP contribution in [0.3, 0.4) is 0 Å². The number of nitrogens with zero attached hydrogens (tertiary/aromatic N) is 1. The zero-order valence-corrected chi connectivity index (χ0v) is 14.5. The van der Waals surface area contributed by atoms with Crippen LogP contribution < -0.4 is 5.32 Å². The van der Waals surface area contributed by atoms with Crippen molar-refractivity contribution in [2.75, 3.05) is 20.6 Å². The van der Waals surface area contributed by atoms with Crippen LogP contribution in [0.15, 0.2) is 45.7 Å². The summed E-state index contributed by atoms with van der Waals surface area (Å²) in [6, 6.07) is 10.6. The standard InChI is InChI=1S/C17H18N2O4S/c1-13-16(24(21,22)19(2)3)12-15(23-13)17(20)18-11-7-10-14-8-5-4-6-9-14/h4-6,8-9,12H,11H2,1-3H3,(H,18,20). The van der Waals surface area contributed by atoms with Gasteiger partial charge in [-0.25, -0.2) is 12.7 Å². The highest BCUT2D eigenvalue weighted by Gasteiger charge is 2.25. The lowest BCUT2D eigenvalue weighted by Gasteiger charge is -2.09. The van der Waals surface area contributed by atoms with Gasteiger partial charge in [-0.1, -0.05) is 30.0 Å². The average Bonchev–Trinajstić information content (AvgIpc) is 2.95. The van der Waals surface area contributed by atoms with E-state index in [1.165, 1.54) is 27.1 Å². The topological polar surface area (TPSA) is 79.6 Å². The molecule has 0 spiro atoms. The molecule has 0 fully saturated rings. The van der Waals surface area contributed by atoms with E-state index in [-0.39, 0.29) is 23.0 Å². The van der Waals surface area contributed by atoms with Gasteiger partial charge in [0.2, 0.25) is 10.0 Å². The van der Waals surface area contributed by atoms with Gasteiger partial charge in [0.25, 0.3) is 5.91 Å². The number of rotatable bonds is 4. The first-order chi connectivity index (χ1) is 11.3. The molecule has 0 bridgehead atoms. The highest BCUT2D eigenvalue weighted by atomic mass is 32.2. The molecular formula is C17H18N2O4S. The van der Waals surface area contributed by atoms with E-state index in [1.807, 2.05) is 30.3 Å². The Morgan fingerprint density at radius 2 is 1.92 bits per heavy atom. The van der Waals surface area contributed by atoms with E-state index in [2.05, 4.69) is 17.2 Å². The van der Waals surface area contributed by atoms with Crippen molar-refractivity contribution in [2.24, 2.45) is 0 Å². The number of benzene rings is 1. The van der Waals surface area contributed by atoms with Crippen molar-refractivity contribution in [1.82, 2.24) is 9.62 Å². The van der Waals surface area contributed by atoms with E-state index in [4.69, 9.17) is 4.42 Å². The molecule has 1 aromatic carbocycles. The lowest BCUT2D eigenvalue weighted by Crippen LogP contribution is -2.23. The van der Waals surface area contributed by atoms with Crippen LogP contribution in [-0.4, -0.2) is 39.3 Å². The molecule has 0 radical (unpaired) electrons. The molecule has 6 nitrogen and oxygen atoms in total. The second-order valence-corrected chi connectivity index (χ2v) is 7.29. The molecule has 1 heterocycles. The molecule has 1 amide bonds. The predicted molar refractivity (Wildman–Crippen MR) is 90.0 cm³/mol.